The molecule has 17 heavy (non-hydrogen) atoms. The number of anilines is 1. The van der Waals surface area contributed by atoms with E-state index in [1.807, 2.05) is 0 Å². The van der Waals surface area contributed by atoms with E-state index >= 15 is 0 Å². The molecule has 7 heteroatoms. The Kier molecular flexibility index (Phi) is 5.17. The lowest BCUT2D eigenvalue weighted by atomic mass is 10.4. The molecule has 0 bridgehead atoms. The summed E-state index contributed by atoms with van der Waals surface area (Å²) in [6.07, 6.45) is 1.57. The van der Waals surface area contributed by atoms with Gasteiger partial charge in [0.2, 0.25) is 10.0 Å². The molecular formula is C10H17N3O3S. The predicted molar refractivity (Wildman–Crippen MR) is 66.7 cm³/mol. The van der Waals surface area contributed by atoms with Crippen LogP contribution in [0.5, 0.6) is 5.75 Å². The van der Waals surface area contributed by atoms with Crippen molar-refractivity contribution in [2.75, 3.05) is 31.3 Å². The standard InChI is InChI=1S/C10H17N3O3S/c1-3-13-17(14,15)7-6-11-10-5-4-9(16-2)8-12-10/h4-5,8,13H,3,6-7H2,1-2H3,(H,11,12). The Balaban J connectivity index is 2.40. The van der Waals surface area contributed by atoms with Gasteiger partial charge in [0.1, 0.15) is 11.6 Å². The second kappa shape index (κ2) is 6.41. The second-order valence-corrected chi connectivity index (χ2v) is 5.25. The summed E-state index contributed by atoms with van der Waals surface area (Å²) < 4.78 is 30.0. The van der Waals surface area contributed by atoms with Crippen molar-refractivity contribution in [3.8, 4) is 5.75 Å². The van der Waals surface area contributed by atoms with Gasteiger partial charge in [0.15, 0.2) is 0 Å². The van der Waals surface area contributed by atoms with Crippen LogP contribution in [0, 0.1) is 0 Å². The first-order valence-corrected chi connectivity index (χ1v) is 6.94. The van der Waals surface area contributed by atoms with Gasteiger partial charge in [-0.05, 0) is 12.1 Å². The lowest BCUT2D eigenvalue weighted by Crippen LogP contribution is -2.29. The monoisotopic (exact) mass is 259 g/mol. The van der Waals surface area contributed by atoms with E-state index in [1.54, 1.807) is 32.4 Å². The topological polar surface area (TPSA) is 80.3 Å². The molecule has 1 aromatic heterocycles. The summed E-state index contributed by atoms with van der Waals surface area (Å²) in [7, 11) is -1.62. The van der Waals surface area contributed by atoms with E-state index in [2.05, 4.69) is 15.0 Å². The van der Waals surface area contributed by atoms with E-state index in [0.717, 1.165) is 0 Å². The van der Waals surface area contributed by atoms with Crippen molar-refractivity contribution in [1.29, 1.82) is 0 Å². The zero-order valence-corrected chi connectivity index (χ0v) is 10.8. The van der Waals surface area contributed by atoms with Gasteiger partial charge in [-0.3, -0.25) is 0 Å². The van der Waals surface area contributed by atoms with Crippen molar-refractivity contribution in [2.45, 2.75) is 6.92 Å². The molecule has 0 amide bonds. The number of ether oxygens (including phenoxy) is 1. The van der Waals surface area contributed by atoms with Gasteiger partial charge in [-0.2, -0.15) is 0 Å². The molecule has 0 atom stereocenters. The number of methoxy groups -OCH3 is 1. The van der Waals surface area contributed by atoms with Crippen LogP contribution >= 0.6 is 0 Å². The molecule has 0 spiro atoms. The van der Waals surface area contributed by atoms with E-state index in [1.165, 1.54) is 0 Å². The summed E-state index contributed by atoms with van der Waals surface area (Å²) in [5, 5.41) is 2.92. The Hall–Kier alpha value is -1.34. The summed E-state index contributed by atoms with van der Waals surface area (Å²) >= 11 is 0. The maximum Gasteiger partial charge on any atom is 0.213 e. The van der Waals surface area contributed by atoms with E-state index in [9.17, 15) is 8.42 Å². The SMILES string of the molecule is CCNS(=O)(=O)CCNc1ccc(OC)cn1. The lowest BCUT2D eigenvalue weighted by molar-refractivity contribution is 0.413. The predicted octanol–water partition coefficient (Wildman–Crippen LogP) is 0.441. The fourth-order valence-corrected chi connectivity index (χ4v) is 2.17. The third kappa shape index (κ3) is 5.01. The highest BCUT2D eigenvalue weighted by atomic mass is 32.2. The maximum absolute atomic E-state index is 11.3. The first kappa shape index (κ1) is 13.7. The number of sulfonamides is 1. The number of nitrogens with one attached hydrogen (secondary N) is 2. The molecule has 1 aromatic rings. The van der Waals surface area contributed by atoms with Gasteiger partial charge in [-0.15, -0.1) is 0 Å². The van der Waals surface area contributed by atoms with Crippen LogP contribution in [0.2, 0.25) is 0 Å². The second-order valence-electron chi connectivity index (χ2n) is 3.33. The average Bonchev–Trinajstić information content (AvgIpc) is 2.29. The molecule has 6 nitrogen and oxygen atoms in total. The van der Waals surface area contributed by atoms with Crippen LogP contribution in [-0.2, 0) is 10.0 Å². The zero-order valence-electron chi connectivity index (χ0n) is 9.93. The smallest absolute Gasteiger partial charge is 0.213 e. The highest BCUT2D eigenvalue weighted by molar-refractivity contribution is 7.89. The molecule has 0 aliphatic carbocycles. The van der Waals surface area contributed by atoms with Gasteiger partial charge in [-0.25, -0.2) is 18.1 Å². The highest BCUT2D eigenvalue weighted by Crippen LogP contribution is 2.10. The summed E-state index contributed by atoms with van der Waals surface area (Å²) in [6.45, 7) is 2.47. The summed E-state index contributed by atoms with van der Waals surface area (Å²) in [6, 6.07) is 3.49. The van der Waals surface area contributed by atoms with Crippen molar-refractivity contribution < 1.29 is 13.2 Å². The Bertz CT molecular complexity index is 431. The molecule has 0 saturated carbocycles. The Morgan fingerprint density at radius 3 is 2.71 bits per heavy atom. The van der Waals surface area contributed by atoms with Gasteiger partial charge in [0.25, 0.3) is 0 Å². The molecule has 1 heterocycles. The number of hydrogen-bond donors (Lipinski definition) is 2. The van der Waals surface area contributed by atoms with Crippen LogP contribution in [-0.4, -0.2) is 39.4 Å². The van der Waals surface area contributed by atoms with Gasteiger partial charge in [0, 0.05) is 13.1 Å². The summed E-state index contributed by atoms with van der Waals surface area (Å²) in [5.74, 6) is 1.31. The van der Waals surface area contributed by atoms with Crippen LogP contribution in [0.15, 0.2) is 18.3 Å². The molecule has 0 aliphatic heterocycles. The first-order valence-electron chi connectivity index (χ1n) is 5.28. The molecular weight excluding hydrogens is 242 g/mol. The van der Waals surface area contributed by atoms with Crippen LogP contribution < -0.4 is 14.8 Å². The Labute approximate surface area is 101 Å². The maximum atomic E-state index is 11.3. The molecule has 2 N–H and O–H groups in total. The van der Waals surface area contributed by atoms with Crippen LogP contribution in [0.25, 0.3) is 0 Å². The lowest BCUT2D eigenvalue weighted by Gasteiger charge is -2.07. The quantitative estimate of drug-likeness (QED) is 0.742. The van der Waals surface area contributed by atoms with Crippen molar-refractivity contribution >= 4 is 15.8 Å². The number of rotatable bonds is 7. The number of hydrogen-bond acceptors (Lipinski definition) is 5. The van der Waals surface area contributed by atoms with Gasteiger partial charge in [-0.1, -0.05) is 6.92 Å². The van der Waals surface area contributed by atoms with Crippen molar-refractivity contribution in [3.63, 3.8) is 0 Å². The third-order valence-corrected chi connectivity index (χ3v) is 3.48. The molecule has 0 unspecified atom stereocenters. The molecule has 0 radical (unpaired) electrons. The molecule has 1 rings (SSSR count). The Morgan fingerprint density at radius 2 is 2.18 bits per heavy atom. The fourth-order valence-electron chi connectivity index (χ4n) is 1.21. The molecule has 0 aromatic carbocycles. The van der Waals surface area contributed by atoms with Crippen molar-refractivity contribution in [2.24, 2.45) is 0 Å². The van der Waals surface area contributed by atoms with Crippen LogP contribution in [0.1, 0.15) is 6.92 Å². The molecule has 0 aliphatic rings. The average molecular weight is 259 g/mol. The van der Waals surface area contributed by atoms with E-state index in [4.69, 9.17) is 4.74 Å². The number of aromatic nitrogens is 1. The summed E-state index contributed by atoms with van der Waals surface area (Å²) in [4.78, 5) is 4.06. The third-order valence-electron chi connectivity index (χ3n) is 2.01. The minimum Gasteiger partial charge on any atom is -0.495 e. The fraction of sp³-hybridized carbons (Fsp3) is 0.500. The number of pyridine rings is 1. The normalized spacial score (nSPS) is 11.2. The minimum absolute atomic E-state index is 0.0224. The largest absolute Gasteiger partial charge is 0.495 e. The van der Waals surface area contributed by atoms with Gasteiger partial charge in [0.05, 0.1) is 19.1 Å². The summed E-state index contributed by atoms with van der Waals surface area (Å²) in [5.41, 5.74) is 0. The molecule has 0 saturated heterocycles. The minimum atomic E-state index is -3.18. The van der Waals surface area contributed by atoms with Crippen molar-refractivity contribution in [3.05, 3.63) is 18.3 Å². The number of nitrogens with zero attached hydrogens (tertiary/aromatic N) is 1. The zero-order chi connectivity index (χ0) is 12.7. The van der Waals surface area contributed by atoms with Crippen LogP contribution in [0.3, 0.4) is 0 Å². The van der Waals surface area contributed by atoms with Gasteiger partial charge < -0.3 is 10.1 Å². The van der Waals surface area contributed by atoms with E-state index in [-0.39, 0.29) is 5.75 Å². The van der Waals surface area contributed by atoms with Crippen molar-refractivity contribution in [1.82, 2.24) is 9.71 Å². The van der Waals surface area contributed by atoms with Crippen LogP contribution in [0.4, 0.5) is 5.82 Å². The van der Waals surface area contributed by atoms with E-state index < -0.39 is 10.0 Å². The highest BCUT2D eigenvalue weighted by Gasteiger charge is 2.07. The van der Waals surface area contributed by atoms with E-state index in [0.29, 0.717) is 24.7 Å². The Morgan fingerprint density at radius 1 is 1.41 bits per heavy atom. The molecule has 0 fully saturated rings. The van der Waals surface area contributed by atoms with Gasteiger partial charge >= 0.3 is 0 Å². The first-order chi connectivity index (χ1) is 8.07. The molecule has 96 valence electrons.